The van der Waals surface area contributed by atoms with Gasteiger partial charge in [0.05, 0.1) is 18.6 Å². The predicted molar refractivity (Wildman–Crippen MR) is 68.5 cm³/mol. The van der Waals surface area contributed by atoms with E-state index in [1.165, 1.54) is 22.3 Å². The molecule has 0 fully saturated rings. The summed E-state index contributed by atoms with van der Waals surface area (Å²) in [6.07, 6.45) is 3.39. The van der Waals surface area contributed by atoms with Gasteiger partial charge in [-0.15, -0.1) is 0 Å². The Labute approximate surface area is 102 Å². The van der Waals surface area contributed by atoms with Gasteiger partial charge in [0, 0.05) is 5.56 Å². The van der Waals surface area contributed by atoms with Gasteiger partial charge in [-0.3, -0.25) is 5.84 Å². The van der Waals surface area contributed by atoms with Crippen molar-refractivity contribution < 1.29 is 4.42 Å². The predicted octanol–water partition coefficient (Wildman–Crippen LogP) is 2.76. The molecule has 2 aromatic rings. The Bertz CT molecular complexity index is 480. The van der Waals surface area contributed by atoms with E-state index in [1.807, 2.05) is 6.07 Å². The van der Waals surface area contributed by atoms with E-state index in [4.69, 9.17) is 10.3 Å². The summed E-state index contributed by atoms with van der Waals surface area (Å²) in [6, 6.07) is 6.26. The van der Waals surface area contributed by atoms with Gasteiger partial charge in [0.15, 0.2) is 0 Å². The van der Waals surface area contributed by atoms with Gasteiger partial charge in [0.25, 0.3) is 0 Å². The van der Waals surface area contributed by atoms with Crippen LogP contribution in [0.4, 0.5) is 0 Å². The number of furan rings is 1. The van der Waals surface area contributed by atoms with Crippen LogP contribution in [0.5, 0.6) is 0 Å². The van der Waals surface area contributed by atoms with Gasteiger partial charge >= 0.3 is 0 Å². The first-order valence-electron chi connectivity index (χ1n) is 5.69. The molecule has 3 nitrogen and oxygen atoms in total. The number of rotatable bonds is 3. The topological polar surface area (TPSA) is 51.2 Å². The van der Waals surface area contributed by atoms with Gasteiger partial charge in [-0.1, -0.05) is 17.7 Å². The van der Waals surface area contributed by atoms with E-state index in [1.54, 1.807) is 12.5 Å². The summed E-state index contributed by atoms with van der Waals surface area (Å²) < 4.78 is 5.13. The first kappa shape index (κ1) is 11.9. The first-order valence-corrected chi connectivity index (χ1v) is 5.69. The molecule has 1 atom stereocenters. The van der Waals surface area contributed by atoms with Crippen molar-refractivity contribution in [3.8, 4) is 0 Å². The van der Waals surface area contributed by atoms with Gasteiger partial charge in [0.1, 0.15) is 0 Å². The van der Waals surface area contributed by atoms with Crippen LogP contribution in [0.15, 0.2) is 35.1 Å². The number of benzene rings is 1. The second-order valence-corrected chi connectivity index (χ2v) is 4.47. The van der Waals surface area contributed by atoms with E-state index in [2.05, 4.69) is 38.3 Å². The zero-order chi connectivity index (χ0) is 12.4. The normalized spacial score (nSPS) is 12.7. The van der Waals surface area contributed by atoms with E-state index in [0.717, 1.165) is 5.56 Å². The maximum absolute atomic E-state index is 5.68. The highest BCUT2D eigenvalue weighted by Crippen LogP contribution is 2.28. The molecule has 1 aromatic heterocycles. The third kappa shape index (κ3) is 2.25. The number of aryl methyl sites for hydroxylation is 3. The maximum atomic E-state index is 5.68. The van der Waals surface area contributed by atoms with Crippen LogP contribution in [-0.4, -0.2) is 0 Å². The fraction of sp³-hybridized carbons (Fsp3) is 0.286. The lowest BCUT2D eigenvalue weighted by Crippen LogP contribution is -2.29. The molecule has 3 N–H and O–H groups in total. The smallest absolute Gasteiger partial charge is 0.0954 e. The summed E-state index contributed by atoms with van der Waals surface area (Å²) in [4.78, 5) is 0. The highest BCUT2D eigenvalue weighted by molar-refractivity contribution is 5.43. The Morgan fingerprint density at radius 2 is 1.82 bits per heavy atom. The van der Waals surface area contributed by atoms with Crippen LogP contribution >= 0.6 is 0 Å². The molecule has 17 heavy (non-hydrogen) atoms. The third-order valence-corrected chi connectivity index (χ3v) is 3.07. The van der Waals surface area contributed by atoms with E-state index < -0.39 is 0 Å². The number of nitrogens with one attached hydrogen (secondary N) is 1. The Morgan fingerprint density at radius 1 is 1.18 bits per heavy atom. The fourth-order valence-corrected chi connectivity index (χ4v) is 2.43. The maximum Gasteiger partial charge on any atom is 0.0954 e. The van der Waals surface area contributed by atoms with E-state index in [-0.39, 0.29) is 6.04 Å². The van der Waals surface area contributed by atoms with Crippen LogP contribution in [0.3, 0.4) is 0 Å². The Hall–Kier alpha value is -1.58. The van der Waals surface area contributed by atoms with E-state index in [0.29, 0.717) is 0 Å². The molecule has 1 unspecified atom stereocenters. The summed E-state index contributed by atoms with van der Waals surface area (Å²) >= 11 is 0. The lowest BCUT2D eigenvalue weighted by atomic mass is 9.91. The Balaban J connectivity index is 2.52. The molecule has 0 saturated heterocycles. The Kier molecular flexibility index (Phi) is 3.31. The molecule has 2 rings (SSSR count). The summed E-state index contributed by atoms with van der Waals surface area (Å²) in [6.45, 7) is 6.33. The van der Waals surface area contributed by atoms with Crippen LogP contribution in [0.25, 0.3) is 0 Å². The molecule has 0 saturated carbocycles. The molecule has 0 amide bonds. The highest BCUT2D eigenvalue weighted by Gasteiger charge is 2.18. The molecule has 0 aliphatic carbocycles. The zero-order valence-electron chi connectivity index (χ0n) is 10.4. The molecular weight excluding hydrogens is 212 g/mol. The van der Waals surface area contributed by atoms with Crippen molar-refractivity contribution in [2.45, 2.75) is 26.8 Å². The van der Waals surface area contributed by atoms with Crippen molar-refractivity contribution in [1.29, 1.82) is 0 Å². The summed E-state index contributed by atoms with van der Waals surface area (Å²) in [5, 5.41) is 0. The fourth-order valence-electron chi connectivity index (χ4n) is 2.43. The second-order valence-electron chi connectivity index (χ2n) is 4.47. The molecule has 0 aliphatic rings. The van der Waals surface area contributed by atoms with Crippen LogP contribution in [0.1, 0.15) is 33.9 Å². The summed E-state index contributed by atoms with van der Waals surface area (Å²) in [5.74, 6) is 5.68. The van der Waals surface area contributed by atoms with Crippen molar-refractivity contribution in [2.24, 2.45) is 5.84 Å². The van der Waals surface area contributed by atoms with Gasteiger partial charge in [-0.05, 0) is 43.5 Å². The second kappa shape index (κ2) is 4.73. The van der Waals surface area contributed by atoms with Gasteiger partial charge in [-0.25, -0.2) is 5.43 Å². The number of hydrogen-bond acceptors (Lipinski definition) is 3. The molecule has 90 valence electrons. The lowest BCUT2D eigenvalue weighted by molar-refractivity contribution is 0.552. The number of nitrogens with two attached hydrogens (primary N) is 1. The van der Waals surface area contributed by atoms with Gasteiger partial charge in [-0.2, -0.15) is 0 Å². The minimum atomic E-state index is -0.0191. The summed E-state index contributed by atoms with van der Waals surface area (Å²) in [5.41, 5.74) is 8.88. The summed E-state index contributed by atoms with van der Waals surface area (Å²) in [7, 11) is 0. The Morgan fingerprint density at radius 3 is 2.29 bits per heavy atom. The standard InChI is InChI=1S/C14H18N2O/c1-9-6-10(2)13(11(3)7-9)14(16-15)12-4-5-17-8-12/h4-8,14,16H,15H2,1-3H3. The molecular formula is C14H18N2O. The monoisotopic (exact) mass is 230 g/mol. The van der Waals surface area contributed by atoms with Gasteiger partial charge in [0.2, 0.25) is 0 Å². The SMILES string of the molecule is Cc1cc(C)c(C(NN)c2ccoc2)c(C)c1. The minimum absolute atomic E-state index is 0.0191. The third-order valence-electron chi connectivity index (χ3n) is 3.07. The molecule has 3 heteroatoms. The zero-order valence-corrected chi connectivity index (χ0v) is 10.4. The van der Waals surface area contributed by atoms with Crippen molar-refractivity contribution in [3.63, 3.8) is 0 Å². The van der Waals surface area contributed by atoms with Crippen molar-refractivity contribution >= 4 is 0 Å². The van der Waals surface area contributed by atoms with Crippen LogP contribution in [0.2, 0.25) is 0 Å². The molecule has 0 aliphatic heterocycles. The van der Waals surface area contributed by atoms with Gasteiger partial charge < -0.3 is 4.42 Å². The average Bonchev–Trinajstić information content (AvgIpc) is 2.76. The van der Waals surface area contributed by atoms with E-state index in [9.17, 15) is 0 Å². The van der Waals surface area contributed by atoms with Crippen LogP contribution in [-0.2, 0) is 0 Å². The number of hydrogen-bond donors (Lipinski definition) is 2. The minimum Gasteiger partial charge on any atom is -0.472 e. The number of hydrazine groups is 1. The van der Waals surface area contributed by atoms with Crippen molar-refractivity contribution in [3.05, 3.63) is 58.5 Å². The van der Waals surface area contributed by atoms with E-state index >= 15 is 0 Å². The lowest BCUT2D eigenvalue weighted by Gasteiger charge is -2.20. The molecule has 0 radical (unpaired) electrons. The molecule has 0 bridgehead atoms. The molecule has 0 spiro atoms. The molecule has 1 aromatic carbocycles. The first-order chi connectivity index (χ1) is 8.13. The quantitative estimate of drug-likeness (QED) is 0.629. The van der Waals surface area contributed by atoms with Crippen LogP contribution in [0, 0.1) is 20.8 Å². The highest BCUT2D eigenvalue weighted by atomic mass is 16.3. The average molecular weight is 230 g/mol. The van der Waals surface area contributed by atoms with Crippen molar-refractivity contribution in [1.82, 2.24) is 5.43 Å². The van der Waals surface area contributed by atoms with Crippen LogP contribution < -0.4 is 11.3 Å². The van der Waals surface area contributed by atoms with Crippen molar-refractivity contribution in [2.75, 3.05) is 0 Å². The molecule has 1 heterocycles. The largest absolute Gasteiger partial charge is 0.472 e.